The maximum Gasteiger partial charge on any atom is 0.475 e. The van der Waals surface area contributed by atoms with Crippen LogP contribution in [0.25, 0.3) is 0 Å². The van der Waals surface area contributed by atoms with Crippen LogP contribution >= 0.6 is 0 Å². The van der Waals surface area contributed by atoms with E-state index in [4.69, 9.17) is 9.47 Å². The highest BCUT2D eigenvalue weighted by molar-refractivity contribution is 6.43. The number of hydrogen-bond acceptors (Lipinski definition) is 5. The Labute approximate surface area is 141 Å². The minimum atomic E-state index is -1.60. The van der Waals surface area contributed by atoms with Crippen molar-refractivity contribution in [1.29, 1.82) is 0 Å². The molecule has 0 radical (unpaired) electrons. The molecule has 1 aromatic carbocycles. The first kappa shape index (κ1) is 15.9. The number of para-hydroxylation sites is 1. The highest BCUT2D eigenvalue weighted by atomic mass is 16.5. The van der Waals surface area contributed by atoms with Crippen molar-refractivity contribution >= 4 is 13.0 Å². The van der Waals surface area contributed by atoms with Crippen LogP contribution in [-0.4, -0.2) is 47.8 Å². The summed E-state index contributed by atoms with van der Waals surface area (Å²) in [6.45, 7) is 0.496. The van der Waals surface area contributed by atoms with Crippen molar-refractivity contribution in [2.75, 3.05) is 6.61 Å². The second kappa shape index (κ2) is 6.39. The van der Waals surface area contributed by atoms with E-state index in [2.05, 4.69) is 5.32 Å². The van der Waals surface area contributed by atoms with E-state index >= 15 is 0 Å². The fraction of sp³-hybridized carbons (Fsp3) is 0.588. The van der Waals surface area contributed by atoms with Gasteiger partial charge in [0.05, 0.1) is 30.7 Å². The van der Waals surface area contributed by atoms with Gasteiger partial charge in [-0.2, -0.15) is 0 Å². The summed E-state index contributed by atoms with van der Waals surface area (Å²) in [5, 5.41) is 22.3. The molecule has 24 heavy (non-hydrogen) atoms. The Balaban J connectivity index is 1.41. The Hall–Kier alpha value is -1.57. The molecule has 7 heteroatoms. The molecule has 2 fully saturated rings. The predicted molar refractivity (Wildman–Crippen MR) is 87.4 cm³/mol. The second-order valence-corrected chi connectivity index (χ2v) is 7.03. The molecule has 3 aliphatic rings. The van der Waals surface area contributed by atoms with Gasteiger partial charge in [-0.3, -0.25) is 4.79 Å². The lowest BCUT2D eigenvalue weighted by Crippen LogP contribution is -2.50. The van der Waals surface area contributed by atoms with Gasteiger partial charge in [0.1, 0.15) is 5.75 Å². The lowest BCUT2D eigenvalue weighted by Gasteiger charge is -2.24. The molecule has 3 N–H and O–H groups in total. The van der Waals surface area contributed by atoms with Gasteiger partial charge in [0.15, 0.2) is 0 Å². The summed E-state index contributed by atoms with van der Waals surface area (Å²) < 4.78 is 11.4. The van der Waals surface area contributed by atoms with E-state index < -0.39 is 13.1 Å². The van der Waals surface area contributed by atoms with Gasteiger partial charge in [-0.1, -0.05) is 18.2 Å². The molecule has 0 unspecified atom stereocenters. The summed E-state index contributed by atoms with van der Waals surface area (Å²) in [7, 11) is -1.60. The molecular weight excluding hydrogens is 309 g/mol. The third-order valence-electron chi connectivity index (χ3n) is 5.47. The van der Waals surface area contributed by atoms with Crippen LogP contribution in [0.15, 0.2) is 24.3 Å². The van der Waals surface area contributed by atoms with E-state index in [1.54, 1.807) is 0 Å². The van der Waals surface area contributed by atoms with Crippen molar-refractivity contribution in [2.45, 2.75) is 49.8 Å². The molecule has 0 aromatic heterocycles. The maximum atomic E-state index is 12.5. The standard InChI is InChI=1S/C17H22BNO5/c20-17(13-8-11-5-6-15(13)24-11)19-16(18(21)22)7-10-9-23-14-4-2-1-3-12(10)14/h1-4,10-11,13,15-16,21-22H,5-9H2,(H,19,20)/t10-,11+,13-,15-,16-/m1/s1. The Morgan fingerprint density at radius 3 is 2.88 bits per heavy atom. The van der Waals surface area contributed by atoms with Crippen molar-refractivity contribution in [3.8, 4) is 5.75 Å². The van der Waals surface area contributed by atoms with Gasteiger partial charge in [-0.15, -0.1) is 0 Å². The van der Waals surface area contributed by atoms with Crippen LogP contribution in [0.1, 0.15) is 37.2 Å². The van der Waals surface area contributed by atoms with Crippen LogP contribution in [0.5, 0.6) is 5.75 Å². The van der Waals surface area contributed by atoms with Gasteiger partial charge in [0, 0.05) is 11.5 Å². The summed E-state index contributed by atoms with van der Waals surface area (Å²) in [6.07, 6.45) is 3.29. The maximum absolute atomic E-state index is 12.5. The number of carbonyl (C=O) groups is 1. The lowest BCUT2D eigenvalue weighted by molar-refractivity contribution is -0.127. The zero-order valence-electron chi connectivity index (χ0n) is 13.4. The van der Waals surface area contributed by atoms with Gasteiger partial charge in [0.25, 0.3) is 0 Å². The third kappa shape index (κ3) is 2.92. The first-order chi connectivity index (χ1) is 11.6. The molecule has 5 atom stereocenters. The molecule has 1 aromatic rings. The van der Waals surface area contributed by atoms with E-state index in [0.717, 1.165) is 30.6 Å². The van der Waals surface area contributed by atoms with E-state index in [1.807, 2.05) is 24.3 Å². The van der Waals surface area contributed by atoms with E-state index in [9.17, 15) is 14.8 Å². The fourth-order valence-corrected chi connectivity index (χ4v) is 4.19. The third-order valence-corrected chi connectivity index (χ3v) is 5.47. The van der Waals surface area contributed by atoms with Crippen molar-refractivity contribution in [2.24, 2.45) is 5.92 Å². The van der Waals surface area contributed by atoms with E-state index in [1.165, 1.54) is 0 Å². The highest BCUT2D eigenvalue weighted by Gasteiger charge is 2.45. The monoisotopic (exact) mass is 331 g/mol. The SMILES string of the molecule is O=C(N[C@H](C[C@@H]1COc2ccccc21)B(O)O)[C@@H]1C[C@@H]2CC[C@H]1O2. The first-order valence-electron chi connectivity index (χ1n) is 8.65. The lowest BCUT2D eigenvalue weighted by atomic mass is 9.73. The summed E-state index contributed by atoms with van der Waals surface area (Å²) >= 11 is 0. The van der Waals surface area contributed by atoms with Gasteiger partial charge in [-0.25, -0.2) is 0 Å². The molecule has 2 bridgehead atoms. The quantitative estimate of drug-likeness (QED) is 0.689. The molecule has 128 valence electrons. The van der Waals surface area contributed by atoms with Crippen LogP contribution in [-0.2, 0) is 9.53 Å². The second-order valence-electron chi connectivity index (χ2n) is 7.03. The molecule has 1 amide bonds. The van der Waals surface area contributed by atoms with Crippen LogP contribution in [0.4, 0.5) is 0 Å². The fourth-order valence-electron chi connectivity index (χ4n) is 4.19. The molecule has 6 nitrogen and oxygen atoms in total. The van der Waals surface area contributed by atoms with Crippen LogP contribution in [0.3, 0.4) is 0 Å². The average molecular weight is 331 g/mol. The Bertz CT molecular complexity index is 625. The van der Waals surface area contributed by atoms with E-state index in [-0.39, 0.29) is 30.0 Å². The molecule has 0 spiro atoms. The Kier molecular flexibility index (Phi) is 4.24. The van der Waals surface area contributed by atoms with Crippen LogP contribution in [0.2, 0.25) is 0 Å². The number of rotatable bonds is 5. The molecule has 3 heterocycles. The van der Waals surface area contributed by atoms with Crippen molar-refractivity contribution in [3.63, 3.8) is 0 Å². The van der Waals surface area contributed by atoms with Gasteiger partial charge in [0.2, 0.25) is 5.91 Å². The zero-order valence-corrected chi connectivity index (χ0v) is 13.4. The van der Waals surface area contributed by atoms with Gasteiger partial charge < -0.3 is 24.8 Å². The number of benzene rings is 1. The summed E-state index contributed by atoms with van der Waals surface area (Å²) in [5.41, 5.74) is 1.06. The van der Waals surface area contributed by atoms with Gasteiger partial charge in [-0.05, 0) is 31.7 Å². The Morgan fingerprint density at radius 1 is 1.33 bits per heavy atom. The van der Waals surface area contributed by atoms with Crippen molar-refractivity contribution in [3.05, 3.63) is 29.8 Å². The number of amides is 1. The number of nitrogens with one attached hydrogen (secondary N) is 1. The average Bonchev–Trinajstić information content (AvgIpc) is 3.29. The summed E-state index contributed by atoms with van der Waals surface area (Å²) in [6, 6.07) is 7.75. The molecule has 0 saturated carbocycles. The van der Waals surface area contributed by atoms with Gasteiger partial charge >= 0.3 is 7.12 Å². The molecular formula is C17H22BNO5. The number of carbonyl (C=O) groups excluding carboxylic acids is 1. The molecule has 4 rings (SSSR count). The van der Waals surface area contributed by atoms with E-state index in [0.29, 0.717) is 13.0 Å². The Morgan fingerprint density at radius 2 is 2.17 bits per heavy atom. The van der Waals surface area contributed by atoms with Crippen LogP contribution < -0.4 is 10.1 Å². The van der Waals surface area contributed by atoms with Crippen molar-refractivity contribution < 1.29 is 24.3 Å². The summed E-state index contributed by atoms with van der Waals surface area (Å²) in [4.78, 5) is 12.5. The molecule has 0 aliphatic carbocycles. The van der Waals surface area contributed by atoms with Crippen LogP contribution in [0, 0.1) is 5.92 Å². The first-order valence-corrected chi connectivity index (χ1v) is 8.65. The number of fused-ring (bicyclic) bond motifs is 3. The highest BCUT2D eigenvalue weighted by Crippen LogP contribution is 2.39. The normalized spacial score (nSPS) is 31.4. The predicted octanol–water partition coefficient (Wildman–Crippen LogP) is 0.617. The smallest absolute Gasteiger partial charge is 0.475 e. The zero-order chi connectivity index (χ0) is 16.7. The largest absolute Gasteiger partial charge is 0.493 e. The molecule has 3 aliphatic heterocycles. The minimum Gasteiger partial charge on any atom is -0.493 e. The number of hydrogen-bond donors (Lipinski definition) is 3. The summed E-state index contributed by atoms with van der Waals surface area (Å²) in [5.74, 6) is -0.132. The van der Waals surface area contributed by atoms with Crippen molar-refractivity contribution in [1.82, 2.24) is 5.32 Å². The minimum absolute atomic E-state index is 0.0120. The number of ether oxygens (including phenoxy) is 2. The topological polar surface area (TPSA) is 88.0 Å². The molecule has 2 saturated heterocycles.